The molecule has 0 radical (unpaired) electrons. The van der Waals surface area contributed by atoms with Gasteiger partial charge in [0, 0.05) is 31.1 Å². The van der Waals surface area contributed by atoms with Crippen molar-refractivity contribution in [2.24, 2.45) is 0 Å². The average molecular weight is 335 g/mol. The predicted molar refractivity (Wildman–Crippen MR) is 94.9 cm³/mol. The van der Waals surface area contributed by atoms with Gasteiger partial charge in [-0.15, -0.1) is 0 Å². The SMILES string of the molecule is Fc1cccnc1CNc1ccc(CC2CNc3ncccc32)cn1. The van der Waals surface area contributed by atoms with Crippen LogP contribution in [0.25, 0.3) is 0 Å². The lowest BCUT2D eigenvalue weighted by molar-refractivity contribution is 0.602. The molecule has 2 N–H and O–H groups in total. The van der Waals surface area contributed by atoms with E-state index in [-0.39, 0.29) is 5.82 Å². The highest BCUT2D eigenvalue weighted by atomic mass is 19.1. The number of anilines is 2. The number of aromatic nitrogens is 3. The normalized spacial score (nSPS) is 15.5. The van der Waals surface area contributed by atoms with Crippen LogP contribution in [0.1, 0.15) is 22.7 Å². The van der Waals surface area contributed by atoms with Gasteiger partial charge < -0.3 is 10.6 Å². The van der Waals surface area contributed by atoms with Crippen LogP contribution in [-0.4, -0.2) is 21.5 Å². The van der Waals surface area contributed by atoms with E-state index in [2.05, 4.69) is 37.7 Å². The molecular weight excluding hydrogens is 317 g/mol. The van der Waals surface area contributed by atoms with Gasteiger partial charge in [-0.05, 0) is 41.8 Å². The van der Waals surface area contributed by atoms with Crippen LogP contribution in [-0.2, 0) is 13.0 Å². The maximum absolute atomic E-state index is 13.6. The number of halogens is 1. The lowest BCUT2D eigenvalue weighted by atomic mass is 9.96. The number of nitrogens with one attached hydrogen (secondary N) is 2. The van der Waals surface area contributed by atoms with Crippen LogP contribution < -0.4 is 10.6 Å². The molecule has 1 atom stereocenters. The maximum Gasteiger partial charge on any atom is 0.146 e. The van der Waals surface area contributed by atoms with Crippen molar-refractivity contribution in [1.82, 2.24) is 15.0 Å². The fourth-order valence-corrected chi connectivity index (χ4v) is 3.06. The van der Waals surface area contributed by atoms with Gasteiger partial charge >= 0.3 is 0 Å². The molecule has 0 fully saturated rings. The highest BCUT2D eigenvalue weighted by Gasteiger charge is 2.22. The molecule has 4 rings (SSSR count). The first-order valence-electron chi connectivity index (χ1n) is 8.26. The number of fused-ring (bicyclic) bond motifs is 1. The van der Waals surface area contributed by atoms with E-state index in [1.54, 1.807) is 18.5 Å². The van der Waals surface area contributed by atoms with Crippen molar-refractivity contribution < 1.29 is 4.39 Å². The molecule has 126 valence electrons. The van der Waals surface area contributed by atoms with Gasteiger partial charge in [0.25, 0.3) is 0 Å². The molecule has 0 aromatic carbocycles. The molecule has 3 aromatic heterocycles. The number of pyridine rings is 3. The molecule has 25 heavy (non-hydrogen) atoms. The monoisotopic (exact) mass is 335 g/mol. The van der Waals surface area contributed by atoms with Crippen molar-refractivity contribution in [2.75, 3.05) is 17.2 Å². The third-order valence-electron chi connectivity index (χ3n) is 4.37. The van der Waals surface area contributed by atoms with E-state index in [9.17, 15) is 4.39 Å². The van der Waals surface area contributed by atoms with E-state index >= 15 is 0 Å². The smallest absolute Gasteiger partial charge is 0.146 e. The summed E-state index contributed by atoms with van der Waals surface area (Å²) in [4.78, 5) is 12.8. The predicted octanol–water partition coefficient (Wildman–Crippen LogP) is 3.37. The van der Waals surface area contributed by atoms with Gasteiger partial charge in [-0.2, -0.15) is 0 Å². The second kappa shape index (κ2) is 6.84. The Labute approximate surface area is 145 Å². The van der Waals surface area contributed by atoms with Crippen molar-refractivity contribution in [1.29, 1.82) is 0 Å². The Morgan fingerprint density at radius 3 is 2.80 bits per heavy atom. The van der Waals surface area contributed by atoms with E-state index in [4.69, 9.17) is 0 Å². The molecule has 3 aromatic rings. The Hall–Kier alpha value is -3.02. The summed E-state index contributed by atoms with van der Waals surface area (Å²) in [6, 6.07) is 11.1. The van der Waals surface area contributed by atoms with Crippen LogP contribution in [0.3, 0.4) is 0 Å². The average Bonchev–Trinajstić information content (AvgIpc) is 3.05. The highest BCUT2D eigenvalue weighted by molar-refractivity contribution is 5.52. The van der Waals surface area contributed by atoms with Gasteiger partial charge in [0.05, 0.1) is 12.2 Å². The van der Waals surface area contributed by atoms with Gasteiger partial charge in [-0.3, -0.25) is 4.98 Å². The van der Waals surface area contributed by atoms with Crippen LogP contribution >= 0.6 is 0 Å². The molecule has 1 aliphatic rings. The topological polar surface area (TPSA) is 62.7 Å². The van der Waals surface area contributed by atoms with E-state index in [0.29, 0.717) is 24.0 Å². The standard InChI is InChI=1S/C19H18FN5/c20-16-4-2-7-21-17(16)12-24-18-6-5-13(10-23-18)9-14-11-25-19-15(14)3-1-8-22-19/h1-8,10,14H,9,11-12H2,(H,22,25)(H,23,24). The molecule has 0 aliphatic carbocycles. The molecule has 0 amide bonds. The van der Waals surface area contributed by atoms with Gasteiger partial charge in [0.1, 0.15) is 17.5 Å². The third-order valence-corrected chi connectivity index (χ3v) is 4.37. The van der Waals surface area contributed by atoms with Gasteiger partial charge in [0.15, 0.2) is 0 Å². The summed E-state index contributed by atoms with van der Waals surface area (Å²) in [6.45, 7) is 1.20. The largest absolute Gasteiger partial charge is 0.369 e. The fraction of sp³-hybridized carbons (Fsp3) is 0.211. The number of rotatable bonds is 5. The lowest BCUT2D eigenvalue weighted by Crippen LogP contribution is -2.07. The van der Waals surface area contributed by atoms with Gasteiger partial charge in [0.2, 0.25) is 0 Å². The first kappa shape index (κ1) is 15.5. The third kappa shape index (κ3) is 3.42. The lowest BCUT2D eigenvalue weighted by Gasteiger charge is -2.11. The van der Waals surface area contributed by atoms with E-state index in [1.807, 2.05) is 18.3 Å². The van der Waals surface area contributed by atoms with E-state index in [0.717, 1.165) is 24.3 Å². The summed E-state index contributed by atoms with van der Waals surface area (Å²) in [5.74, 6) is 1.79. The second-order valence-corrected chi connectivity index (χ2v) is 6.06. The molecule has 0 saturated carbocycles. The summed E-state index contributed by atoms with van der Waals surface area (Å²) in [7, 11) is 0. The molecule has 5 nitrogen and oxygen atoms in total. The number of hydrogen-bond acceptors (Lipinski definition) is 5. The molecule has 1 unspecified atom stereocenters. The van der Waals surface area contributed by atoms with Crippen LogP contribution in [0.2, 0.25) is 0 Å². The first-order chi connectivity index (χ1) is 12.3. The molecule has 0 spiro atoms. The zero-order valence-corrected chi connectivity index (χ0v) is 13.6. The van der Waals surface area contributed by atoms with Crippen LogP contribution in [0.4, 0.5) is 16.0 Å². The minimum absolute atomic E-state index is 0.310. The molecular formula is C19H18FN5. The molecule has 6 heteroatoms. The molecule has 4 heterocycles. The minimum atomic E-state index is -0.312. The van der Waals surface area contributed by atoms with Crippen molar-refractivity contribution in [3.8, 4) is 0 Å². The molecule has 0 saturated heterocycles. The van der Waals surface area contributed by atoms with Crippen LogP contribution in [0, 0.1) is 5.82 Å². The summed E-state index contributed by atoms with van der Waals surface area (Å²) in [5.41, 5.74) is 2.81. The summed E-state index contributed by atoms with van der Waals surface area (Å²) in [6.07, 6.45) is 6.17. The molecule has 0 bridgehead atoms. The Morgan fingerprint density at radius 2 is 1.96 bits per heavy atom. The summed E-state index contributed by atoms with van der Waals surface area (Å²) in [5, 5.41) is 6.44. The molecule has 1 aliphatic heterocycles. The zero-order valence-electron chi connectivity index (χ0n) is 13.6. The summed E-state index contributed by atoms with van der Waals surface area (Å²) < 4.78 is 13.6. The zero-order chi connectivity index (χ0) is 17.1. The van der Waals surface area contributed by atoms with Crippen molar-refractivity contribution >= 4 is 11.6 Å². The Bertz CT molecular complexity index is 866. The number of hydrogen-bond donors (Lipinski definition) is 2. The van der Waals surface area contributed by atoms with Gasteiger partial charge in [-0.1, -0.05) is 12.1 Å². The Morgan fingerprint density at radius 1 is 1.08 bits per heavy atom. The second-order valence-electron chi connectivity index (χ2n) is 6.06. The summed E-state index contributed by atoms with van der Waals surface area (Å²) >= 11 is 0. The van der Waals surface area contributed by atoms with Crippen molar-refractivity contribution in [2.45, 2.75) is 18.9 Å². The van der Waals surface area contributed by atoms with Crippen molar-refractivity contribution in [3.05, 3.63) is 77.6 Å². The van der Waals surface area contributed by atoms with Gasteiger partial charge in [-0.25, -0.2) is 14.4 Å². The Balaban J connectivity index is 1.39. The van der Waals surface area contributed by atoms with Crippen LogP contribution in [0.15, 0.2) is 55.0 Å². The van der Waals surface area contributed by atoms with Crippen LogP contribution in [0.5, 0.6) is 0 Å². The maximum atomic E-state index is 13.6. The van der Waals surface area contributed by atoms with Crippen molar-refractivity contribution in [3.63, 3.8) is 0 Å². The van der Waals surface area contributed by atoms with E-state index < -0.39 is 0 Å². The first-order valence-corrected chi connectivity index (χ1v) is 8.26. The van der Waals surface area contributed by atoms with E-state index in [1.165, 1.54) is 11.6 Å². The quantitative estimate of drug-likeness (QED) is 0.748. The minimum Gasteiger partial charge on any atom is -0.369 e. The fourth-order valence-electron chi connectivity index (χ4n) is 3.06. The Kier molecular flexibility index (Phi) is 4.24. The highest BCUT2D eigenvalue weighted by Crippen LogP contribution is 2.31. The number of nitrogens with zero attached hydrogens (tertiary/aromatic N) is 3.